The highest BCUT2D eigenvalue weighted by atomic mass is 16.7. The van der Waals surface area contributed by atoms with E-state index in [1.807, 2.05) is 0 Å². The molecular weight excluding hydrogens is 202 g/mol. The molecule has 1 fully saturated rings. The number of amides is 1. The minimum atomic E-state index is -0.949. The summed E-state index contributed by atoms with van der Waals surface area (Å²) in [4.78, 5) is 10.7. The third-order valence-corrected chi connectivity index (χ3v) is 2.43. The molecule has 3 N–H and O–H groups in total. The Labute approximate surface area is 88.2 Å². The number of aliphatic hydroxyl groups excluding tert-OH is 2. The standard InChI is InChI=1S/C9H17NO5/c1-5(11)10-3-6-8(13)7(12)4-15-9(6)14-2/h6-9,12-13H,3-4H2,1-2H3,(H,10,11). The van der Waals surface area contributed by atoms with Gasteiger partial charge in [0.15, 0.2) is 6.29 Å². The first-order chi connectivity index (χ1) is 7.06. The Morgan fingerprint density at radius 1 is 1.60 bits per heavy atom. The highest BCUT2D eigenvalue weighted by molar-refractivity contribution is 5.72. The van der Waals surface area contributed by atoms with Crippen molar-refractivity contribution in [2.75, 3.05) is 20.3 Å². The Balaban J connectivity index is 2.56. The second-order valence-corrected chi connectivity index (χ2v) is 3.60. The maximum Gasteiger partial charge on any atom is 0.216 e. The molecule has 0 spiro atoms. The average molecular weight is 219 g/mol. The lowest BCUT2D eigenvalue weighted by atomic mass is 9.94. The van der Waals surface area contributed by atoms with Crippen LogP contribution in [0.2, 0.25) is 0 Å². The van der Waals surface area contributed by atoms with Crippen molar-refractivity contribution in [1.29, 1.82) is 0 Å². The summed E-state index contributed by atoms with van der Waals surface area (Å²) in [7, 11) is 1.45. The lowest BCUT2D eigenvalue weighted by Gasteiger charge is -2.37. The minimum absolute atomic E-state index is 0.0379. The van der Waals surface area contributed by atoms with E-state index in [0.29, 0.717) is 0 Å². The molecule has 0 radical (unpaired) electrons. The molecule has 0 bridgehead atoms. The Kier molecular flexibility index (Phi) is 4.46. The van der Waals surface area contributed by atoms with E-state index in [4.69, 9.17) is 9.47 Å². The normalized spacial score (nSPS) is 36.3. The zero-order valence-electron chi connectivity index (χ0n) is 8.84. The molecule has 0 saturated carbocycles. The first-order valence-electron chi connectivity index (χ1n) is 4.81. The van der Waals surface area contributed by atoms with Gasteiger partial charge in [-0.1, -0.05) is 0 Å². The fraction of sp³-hybridized carbons (Fsp3) is 0.889. The van der Waals surface area contributed by atoms with E-state index in [1.165, 1.54) is 14.0 Å². The number of carbonyl (C=O) groups excluding carboxylic acids is 1. The van der Waals surface area contributed by atoms with E-state index >= 15 is 0 Å². The smallest absolute Gasteiger partial charge is 0.216 e. The third-order valence-electron chi connectivity index (χ3n) is 2.43. The Morgan fingerprint density at radius 2 is 2.27 bits per heavy atom. The van der Waals surface area contributed by atoms with Crippen molar-refractivity contribution in [2.45, 2.75) is 25.4 Å². The maximum absolute atomic E-state index is 10.7. The van der Waals surface area contributed by atoms with Crippen LogP contribution in [0.15, 0.2) is 0 Å². The van der Waals surface area contributed by atoms with Crippen LogP contribution in [0.5, 0.6) is 0 Å². The molecule has 1 aliphatic heterocycles. The summed E-state index contributed by atoms with van der Waals surface area (Å²) < 4.78 is 10.2. The van der Waals surface area contributed by atoms with Crippen molar-refractivity contribution in [2.24, 2.45) is 5.92 Å². The fourth-order valence-corrected chi connectivity index (χ4v) is 1.58. The lowest BCUT2D eigenvalue weighted by Crippen LogP contribution is -2.53. The number of rotatable bonds is 3. The van der Waals surface area contributed by atoms with Crippen LogP contribution in [0, 0.1) is 5.92 Å². The summed E-state index contributed by atoms with van der Waals surface area (Å²) in [5.74, 6) is -0.653. The molecule has 1 rings (SSSR count). The SMILES string of the molecule is COC1OCC(O)C(O)C1CNC(C)=O. The zero-order valence-corrected chi connectivity index (χ0v) is 8.84. The molecule has 1 aliphatic rings. The number of hydrogen-bond acceptors (Lipinski definition) is 5. The van der Waals surface area contributed by atoms with E-state index in [1.54, 1.807) is 0 Å². The van der Waals surface area contributed by atoms with Gasteiger partial charge in [-0.2, -0.15) is 0 Å². The molecule has 0 aliphatic carbocycles. The van der Waals surface area contributed by atoms with Gasteiger partial charge in [0.2, 0.25) is 5.91 Å². The highest BCUT2D eigenvalue weighted by Gasteiger charge is 2.38. The summed E-state index contributed by atoms with van der Waals surface area (Å²) in [6, 6.07) is 0. The quantitative estimate of drug-likeness (QED) is 0.535. The van der Waals surface area contributed by atoms with Crippen LogP contribution in [0.25, 0.3) is 0 Å². The maximum atomic E-state index is 10.7. The third kappa shape index (κ3) is 3.13. The van der Waals surface area contributed by atoms with Crippen molar-refractivity contribution < 1.29 is 24.5 Å². The summed E-state index contributed by atoms with van der Waals surface area (Å²) >= 11 is 0. The first kappa shape index (κ1) is 12.4. The number of carbonyl (C=O) groups is 1. The lowest BCUT2D eigenvalue weighted by molar-refractivity contribution is -0.239. The van der Waals surface area contributed by atoms with E-state index in [0.717, 1.165) is 0 Å². The molecule has 0 aromatic rings. The first-order valence-corrected chi connectivity index (χ1v) is 4.81. The number of nitrogens with one attached hydrogen (secondary N) is 1. The molecular formula is C9H17NO5. The van der Waals surface area contributed by atoms with Gasteiger partial charge in [-0.25, -0.2) is 0 Å². The van der Waals surface area contributed by atoms with Gasteiger partial charge in [0.1, 0.15) is 6.10 Å². The molecule has 6 heteroatoms. The number of methoxy groups -OCH3 is 1. The predicted molar refractivity (Wildman–Crippen MR) is 50.9 cm³/mol. The van der Waals surface area contributed by atoms with Gasteiger partial charge in [0, 0.05) is 20.6 Å². The van der Waals surface area contributed by atoms with Crippen molar-refractivity contribution in [3.8, 4) is 0 Å². The van der Waals surface area contributed by atoms with E-state index < -0.39 is 24.4 Å². The van der Waals surface area contributed by atoms with Crippen molar-refractivity contribution in [3.05, 3.63) is 0 Å². The number of hydrogen-bond donors (Lipinski definition) is 3. The van der Waals surface area contributed by atoms with Gasteiger partial charge in [-0.3, -0.25) is 4.79 Å². The molecule has 4 atom stereocenters. The van der Waals surface area contributed by atoms with Crippen LogP contribution in [0.1, 0.15) is 6.92 Å². The molecule has 0 aromatic heterocycles. The summed E-state index contributed by atoms with van der Waals surface area (Å²) in [5.41, 5.74) is 0. The van der Waals surface area contributed by atoms with Gasteiger partial charge >= 0.3 is 0 Å². The van der Waals surface area contributed by atoms with Crippen LogP contribution >= 0.6 is 0 Å². The number of ether oxygens (including phenoxy) is 2. The van der Waals surface area contributed by atoms with E-state index in [-0.39, 0.29) is 19.1 Å². The predicted octanol–water partition coefficient (Wildman–Crippen LogP) is -1.54. The van der Waals surface area contributed by atoms with Crippen LogP contribution in [0.3, 0.4) is 0 Å². The van der Waals surface area contributed by atoms with Gasteiger partial charge in [0.25, 0.3) is 0 Å². The van der Waals surface area contributed by atoms with Gasteiger partial charge in [-0.05, 0) is 0 Å². The molecule has 1 saturated heterocycles. The van der Waals surface area contributed by atoms with Crippen LogP contribution < -0.4 is 5.32 Å². The highest BCUT2D eigenvalue weighted by Crippen LogP contribution is 2.21. The van der Waals surface area contributed by atoms with E-state index in [9.17, 15) is 15.0 Å². The van der Waals surface area contributed by atoms with Gasteiger partial charge in [0.05, 0.1) is 18.6 Å². The zero-order chi connectivity index (χ0) is 11.4. The second-order valence-electron chi connectivity index (χ2n) is 3.60. The summed E-state index contributed by atoms with van der Waals surface area (Å²) in [5, 5.41) is 21.6. The average Bonchev–Trinajstić information content (AvgIpc) is 2.20. The topological polar surface area (TPSA) is 88.0 Å². The van der Waals surface area contributed by atoms with Crippen molar-refractivity contribution >= 4 is 5.91 Å². The van der Waals surface area contributed by atoms with Crippen LogP contribution in [-0.4, -0.2) is 54.9 Å². The number of aliphatic hydroxyl groups is 2. The van der Waals surface area contributed by atoms with Crippen LogP contribution in [-0.2, 0) is 14.3 Å². The van der Waals surface area contributed by atoms with Crippen molar-refractivity contribution in [1.82, 2.24) is 5.32 Å². The van der Waals surface area contributed by atoms with E-state index in [2.05, 4.69) is 5.32 Å². The van der Waals surface area contributed by atoms with Crippen molar-refractivity contribution in [3.63, 3.8) is 0 Å². The van der Waals surface area contributed by atoms with Gasteiger partial charge < -0.3 is 25.0 Å². The second kappa shape index (κ2) is 5.41. The monoisotopic (exact) mass is 219 g/mol. The fourth-order valence-electron chi connectivity index (χ4n) is 1.58. The molecule has 88 valence electrons. The van der Waals surface area contributed by atoms with Gasteiger partial charge in [-0.15, -0.1) is 0 Å². The molecule has 4 unspecified atom stereocenters. The molecule has 15 heavy (non-hydrogen) atoms. The molecule has 6 nitrogen and oxygen atoms in total. The minimum Gasteiger partial charge on any atom is -0.390 e. The Hall–Kier alpha value is -0.690. The molecule has 0 aromatic carbocycles. The Morgan fingerprint density at radius 3 is 2.80 bits per heavy atom. The van der Waals surface area contributed by atoms with Crippen LogP contribution in [0.4, 0.5) is 0 Å². The largest absolute Gasteiger partial charge is 0.390 e. The summed E-state index contributed by atoms with van der Waals surface area (Å²) in [6.45, 7) is 1.64. The Bertz CT molecular complexity index is 221. The summed E-state index contributed by atoms with van der Waals surface area (Å²) in [6.07, 6.45) is -2.49. The molecule has 1 amide bonds. The molecule has 1 heterocycles.